The van der Waals surface area contributed by atoms with Crippen molar-refractivity contribution in [2.24, 2.45) is 5.73 Å². The monoisotopic (exact) mass is 291 g/mol. The third-order valence-corrected chi connectivity index (χ3v) is 3.55. The molecule has 0 radical (unpaired) electrons. The molecule has 2 aromatic rings. The van der Waals surface area contributed by atoms with Crippen LogP contribution in [0.3, 0.4) is 0 Å². The number of nitrogens with one attached hydrogen (secondary N) is 1. The van der Waals surface area contributed by atoms with E-state index < -0.39 is 0 Å². The number of anilines is 1. The molecule has 1 heterocycles. The van der Waals surface area contributed by atoms with Crippen molar-refractivity contribution >= 4 is 22.4 Å². The molecule has 3 N–H and O–H groups in total. The Morgan fingerprint density at radius 3 is 2.90 bits per heavy atom. The van der Waals surface area contributed by atoms with E-state index in [4.69, 9.17) is 10.5 Å². The average molecular weight is 291 g/mol. The largest absolute Gasteiger partial charge is 0.496 e. The maximum absolute atomic E-state index is 12.0. The summed E-state index contributed by atoms with van der Waals surface area (Å²) in [6.07, 6.45) is 0.247. The molecule has 0 saturated carbocycles. The van der Waals surface area contributed by atoms with Gasteiger partial charge in [0.1, 0.15) is 5.75 Å². The molecule has 0 aliphatic heterocycles. The smallest absolute Gasteiger partial charge is 0.230 e. The number of thiazole rings is 1. The molecule has 0 fully saturated rings. The van der Waals surface area contributed by atoms with Gasteiger partial charge < -0.3 is 15.8 Å². The average Bonchev–Trinajstić information content (AvgIpc) is 2.88. The van der Waals surface area contributed by atoms with Gasteiger partial charge in [0, 0.05) is 17.0 Å². The van der Waals surface area contributed by atoms with Gasteiger partial charge in [-0.2, -0.15) is 0 Å². The number of aromatic nitrogens is 1. The molecule has 0 bridgehead atoms. The van der Waals surface area contributed by atoms with E-state index in [1.165, 1.54) is 11.3 Å². The first-order valence-electron chi connectivity index (χ1n) is 6.23. The van der Waals surface area contributed by atoms with Gasteiger partial charge in [0.2, 0.25) is 5.91 Å². The molecule has 1 atom stereocenters. The third-order valence-electron chi connectivity index (χ3n) is 2.78. The van der Waals surface area contributed by atoms with Crippen molar-refractivity contribution in [3.05, 3.63) is 40.9 Å². The molecular formula is C14H17N3O2S. The van der Waals surface area contributed by atoms with Gasteiger partial charge in [0.05, 0.1) is 19.2 Å². The van der Waals surface area contributed by atoms with Crippen LogP contribution >= 0.6 is 11.3 Å². The predicted molar refractivity (Wildman–Crippen MR) is 80.0 cm³/mol. The first-order valence-corrected chi connectivity index (χ1v) is 7.11. The van der Waals surface area contributed by atoms with E-state index >= 15 is 0 Å². The van der Waals surface area contributed by atoms with E-state index in [0.29, 0.717) is 10.9 Å². The molecule has 106 valence electrons. The second-order valence-corrected chi connectivity index (χ2v) is 5.26. The first kappa shape index (κ1) is 14.5. The van der Waals surface area contributed by atoms with Gasteiger partial charge in [-0.25, -0.2) is 4.98 Å². The summed E-state index contributed by atoms with van der Waals surface area (Å²) in [5.74, 6) is 0.582. The Kier molecular flexibility index (Phi) is 4.70. The Balaban J connectivity index is 2.01. The van der Waals surface area contributed by atoms with Crippen LogP contribution in [-0.2, 0) is 11.2 Å². The molecule has 20 heavy (non-hydrogen) atoms. The van der Waals surface area contributed by atoms with Crippen LogP contribution < -0.4 is 15.8 Å². The number of ether oxygens (including phenoxy) is 1. The summed E-state index contributed by atoms with van der Waals surface area (Å²) in [5.41, 5.74) is 7.36. The highest BCUT2D eigenvalue weighted by atomic mass is 32.1. The zero-order chi connectivity index (χ0) is 14.5. The molecule has 1 amide bonds. The minimum Gasteiger partial charge on any atom is -0.496 e. The molecule has 0 aliphatic carbocycles. The second-order valence-electron chi connectivity index (χ2n) is 4.40. The Morgan fingerprint density at radius 2 is 2.25 bits per heavy atom. The number of nitrogens with two attached hydrogens (primary N) is 1. The van der Waals surface area contributed by atoms with E-state index in [9.17, 15) is 4.79 Å². The molecule has 0 spiro atoms. The number of amides is 1. The Hall–Kier alpha value is -1.92. The molecule has 6 heteroatoms. The zero-order valence-corrected chi connectivity index (χ0v) is 12.2. The van der Waals surface area contributed by atoms with Crippen molar-refractivity contribution in [2.75, 3.05) is 12.4 Å². The predicted octanol–water partition coefficient (Wildman–Crippen LogP) is 2.35. The minimum atomic E-state index is -0.133. The van der Waals surface area contributed by atoms with Crippen LogP contribution in [0.25, 0.3) is 0 Å². The van der Waals surface area contributed by atoms with E-state index in [2.05, 4.69) is 10.3 Å². The SMILES string of the molecule is COc1ccccc1CC(=O)Nc1nc(C(C)N)cs1. The highest BCUT2D eigenvalue weighted by molar-refractivity contribution is 7.13. The Morgan fingerprint density at radius 1 is 1.50 bits per heavy atom. The molecule has 2 rings (SSSR count). The maximum atomic E-state index is 12.0. The van der Waals surface area contributed by atoms with Crippen LogP contribution in [0.15, 0.2) is 29.6 Å². The number of hydrogen-bond donors (Lipinski definition) is 2. The highest BCUT2D eigenvalue weighted by Gasteiger charge is 2.11. The number of carbonyl (C=O) groups excluding carboxylic acids is 1. The van der Waals surface area contributed by atoms with Gasteiger partial charge in [0.15, 0.2) is 5.13 Å². The van der Waals surface area contributed by atoms with Crippen molar-refractivity contribution in [2.45, 2.75) is 19.4 Å². The van der Waals surface area contributed by atoms with Gasteiger partial charge in [-0.3, -0.25) is 4.79 Å². The molecular weight excluding hydrogens is 274 g/mol. The van der Waals surface area contributed by atoms with E-state index in [1.54, 1.807) is 7.11 Å². The summed E-state index contributed by atoms with van der Waals surface area (Å²) in [5, 5.41) is 5.19. The normalized spacial score (nSPS) is 11.9. The number of methoxy groups -OCH3 is 1. The third kappa shape index (κ3) is 3.55. The summed E-state index contributed by atoms with van der Waals surface area (Å²) < 4.78 is 5.22. The van der Waals surface area contributed by atoms with Crippen molar-refractivity contribution in [3.63, 3.8) is 0 Å². The van der Waals surface area contributed by atoms with Crippen LogP contribution in [0.4, 0.5) is 5.13 Å². The second kappa shape index (κ2) is 6.49. The van der Waals surface area contributed by atoms with Crippen LogP contribution in [0.1, 0.15) is 24.2 Å². The number of carbonyl (C=O) groups is 1. The summed E-state index contributed by atoms with van der Waals surface area (Å²) in [4.78, 5) is 16.3. The lowest BCUT2D eigenvalue weighted by atomic mass is 10.1. The van der Waals surface area contributed by atoms with Gasteiger partial charge >= 0.3 is 0 Å². The fourth-order valence-corrected chi connectivity index (χ4v) is 2.57. The maximum Gasteiger partial charge on any atom is 0.230 e. The summed E-state index contributed by atoms with van der Waals surface area (Å²) in [6, 6.07) is 7.32. The lowest BCUT2D eigenvalue weighted by Gasteiger charge is -2.07. The summed E-state index contributed by atoms with van der Waals surface area (Å²) >= 11 is 1.37. The van der Waals surface area contributed by atoms with Crippen molar-refractivity contribution < 1.29 is 9.53 Å². The fourth-order valence-electron chi connectivity index (χ4n) is 1.74. The summed E-state index contributed by atoms with van der Waals surface area (Å²) in [7, 11) is 1.59. The quantitative estimate of drug-likeness (QED) is 0.886. The van der Waals surface area contributed by atoms with Crippen molar-refractivity contribution in [1.29, 1.82) is 0 Å². The number of benzene rings is 1. The molecule has 0 aliphatic rings. The standard InChI is InChI=1S/C14H17N3O2S/c1-9(15)11-8-20-14(16-11)17-13(18)7-10-5-3-4-6-12(10)19-2/h3-6,8-9H,7,15H2,1-2H3,(H,16,17,18). The van der Waals surface area contributed by atoms with Crippen molar-refractivity contribution in [1.82, 2.24) is 4.98 Å². The van der Waals surface area contributed by atoms with Crippen LogP contribution in [-0.4, -0.2) is 18.0 Å². The first-order chi connectivity index (χ1) is 9.60. The molecule has 1 unspecified atom stereocenters. The van der Waals surface area contributed by atoms with Gasteiger partial charge in [0.25, 0.3) is 0 Å². The van der Waals surface area contributed by atoms with E-state index in [-0.39, 0.29) is 18.4 Å². The molecule has 5 nitrogen and oxygen atoms in total. The fraction of sp³-hybridized carbons (Fsp3) is 0.286. The van der Waals surface area contributed by atoms with E-state index in [1.807, 2.05) is 36.6 Å². The van der Waals surface area contributed by atoms with Gasteiger partial charge in [-0.1, -0.05) is 18.2 Å². The van der Waals surface area contributed by atoms with Crippen LogP contribution in [0, 0.1) is 0 Å². The van der Waals surface area contributed by atoms with Crippen LogP contribution in [0.2, 0.25) is 0 Å². The van der Waals surface area contributed by atoms with E-state index in [0.717, 1.165) is 11.3 Å². The highest BCUT2D eigenvalue weighted by Crippen LogP contribution is 2.21. The molecule has 0 saturated heterocycles. The number of nitrogens with zero attached hydrogens (tertiary/aromatic N) is 1. The summed E-state index contributed by atoms with van der Waals surface area (Å²) in [6.45, 7) is 1.86. The minimum absolute atomic E-state index is 0.125. The topological polar surface area (TPSA) is 77.2 Å². The van der Waals surface area contributed by atoms with Crippen LogP contribution in [0.5, 0.6) is 5.75 Å². The number of para-hydroxylation sites is 1. The zero-order valence-electron chi connectivity index (χ0n) is 11.4. The van der Waals surface area contributed by atoms with Gasteiger partial charge in [-0.15, -0.1) is 11.3 Å². The number of rotatable bonds is 5. The van der Waals surface area contributed by atoms with Gasteiger partial charge in [-0.05, 0) is 13.0 Å². The number of hydrogen-bond acceptors (Lipinski definition) is 5. The lowest BCUT2D eigenvalue weighted by Crippen LogP contribution is -2.15. The Labute approximate surface area is 121 Å². The Bertz CT molecular complexity index is 596. The lowest BCUT2D eigenvalue weighted by molar-refractivity contribution is -0.115. The molecule has 1 aromatic carbocycles. The van der Waals surface area contributed by atoms with Crippen molar-refractivity contribution in [3.8, 4) is 5.75 Å². The molecule has 1 aromatic heterocycles.